The van der Waals surface area contributed by atoms with Gasteiger partial charge >= 0.3 is 11.9 Å². The molecule has 0 aliphatic heterocycles. The maximum absolute atomic E-state index is 11.2. The normalized spacial score (nSPS) is 29.3. The van der Waals surface area contributed by atoms with E-state index in [1.165, 1.54) is 6.08 Å². The highest BCUT2D eigenvalue weighted by atomic mass is 35.5. The van der Waals surface area contributed by atoms with E-state index in [0.29, 0.717) is 6.42 Å². The van der Waals surface area contributed by atoms with Crippen molar-refractivity contribution in [2.75, 3.05) is 0 Å². The number of aliphatic carboxylic acids is 2. The van der Waals surface area contributed by atoms with Crippen LogP contribution in [0.2, 0.25) is 0 Å². The van der Waals surface area contributed by atoms with E-state index in [0.717, 1.165) is 0 Å². The fourth-order valence-electron chi connectivity index (χ4n) is 1.78. The third kappa shape index (κ3) is 1.97. The fourth-order valence-corrected chi connectivity index (χ4v) is 2.27. The zero-order valence-corrected chi connectivity index (χ0v) is 9.78. The molecule has 88 valence electrons. The van der Waals surface area contributed by atoms with Crippen molar-refractivity contribution in [2.24, 2.45) is 11.3 Å². The van der Waals surface area contributed by atoms with E-state index in [1.54, 1.807) is 13.0 Å². The van der Waals surface area contributed by atoms with E-state index in [1.807, 2.05) is 6.92 Å². The van der Waals surface area contributed by atoms with Gasteiger partial charge in [-0.3, -0.25) is 4.79 Å². The average Bonchev–Trinajstić information content (AvgIpc) is 2.16. The Morgan fingerprint density at radius 3 is 2.44 bits per heavy atom. The Kier molecular flexibility index (Phi) is 3.43. The number of hydrogen-bond acceptors (Lipinski definition) is 2. The first-order valence-corrected chi connectivity index (χ1v) is 5.26. The monoisotopic (exact) mass is 244 g/mol. The topological polar surface area (TPSA) is 74.6 Å². The van der Waals surface area contributed by atoms with Gasteiger partial charge < -0.3 is 10.2 Å². The Balaban J connectivity index is 3.30. The number of carbonyl (C=O) groups is 2. The Morgan fingerprint density at radius 2 is 2.06 bits per heavy atom. The minimum Gasteiger partial charge on any atom is -0.481 e. The lowest BCUT2D eigenvalue weighted by Crippen LogP contribution is -2.35. The van der Waals surface area contributed by atoms with Gasteiger partial charge in [-0.2, -0.15) is 0 Å². The van der Waals surface area contributed by atoms with Crippen molar-refractivity contribution in [2.45, 2.75) is 20.3 Å². The molecule has 0 aromatic rings. The Bertz CT molecular complexity index is 397. The van der Waals surface area contributed by atoms with Gasteiger partial charge in [0.2, 0.25) is 0 Å². The standard InChI is InChI=1S/C11H13ClO4/c1-3-11(2)5-4-6(9(13)14)8(12)7(11)10(15)16/h4-5,7H,3H2,1-2H3,(H,13,14)(H,15,16). The molecule has 16 heavy (non-hydrogen) atoms. The molecule has 0 amide bonds. The molecule has 0 saturated heterocycles. The summed E-state index contributed by atoms with van der Waals surface area (Å²) in [4.78, 5) is 22.0. The zero-order valence-electron chi connectivity index (χ0n) is 9.03. The fraction of sp³-hybridized carbons (Fsp3) is 0.455. The van der Waals surface area contributed by atoms with Gasteiger partial charge in [0.15, 0.2) is 0 Å². The Morgan fingerprint density at radius 1 is 1.50 bits per heavy atom. The molecule has 0 spiro atoms. The van der Waals surface area contributed by atoms with Crippen molar-refractivity contribution in [1.82, 2.24) is 0 Å². The molecule has 2 unspecified atom stereocenters. The first kappa shape index (κ1) is 12.8. The predicted octanol–water partition coefficient (Wildman–Crippen LogP) is 2.25. The Hall–Kier alpha value is -1.29. The van der Waals surface area contributed by atoms with Gasteiger partial charge in [-0.25, -0.2) is 4.79 Å². The second kappa shape index (κ2) is 4.29. The van der Waals surface area contributed by atoms with Crippen LogP contribution in [-0.4, -0.2) is 22.2 Å². The van der Waals surface area contributed by atoms with Gasteiger partial charge in [0.05, 0.1) is 5.57 Å². The van der Waals surface area contributed by atoms with Crippen LogP contribution in [0.25, 0.3) is 0 Å². The smallest absolute Gasteiger partial charge is 0.336 e. The number of carboxylic acid groups (broad SMARTS) is 2. The number of allylic oxidation sites excluding steroid dienone is 1. The lowest BCUT2D eigenvalue weighted by molar-refractivity contribution is -0.143. The van der Waals surface area contributed by atoms with E-state index in [-0.39, 0.29) is 10.6 Å². The van der Waals surface area contributed by atoms with Crippen molar-refractivity contribution in [3.05, 3.63) is 22.8 Å². The predicted molar refractivity (Wildman–Crippen MR) is 59.2 cm³/mol. The van der Waals surface area contributed by atoms with Crippen LogP contribution >= 0.6 is 11.6 Å². The summed E-state index contributed by atoms with van der Waals surface area (Å²) in [5.74, 6) is -3.29. The molecule has 1 aliphatic carbocycles. The number of halogens is 1. The average molecular weight is 245 g/mol. The van der Waals surface area contributed by atoms with E-state index >= 15 is 0 Å². The van der Waals surface area contributed by atoms with Crippen LogP contribution < -0.4 is 0 Å². The molecule has 0 fully saturated rings. The molecule has 0 radical (unpaired) electrons. The SMILES string of the molecule is CCC1(C)C=CC(C(=O)O)=C(Cl)C1C(=O)O. The summed E-state index contributed by atoms with van der Waals surface area (Å²) in [6, 6.07) is 0. The van der Waals surface area contributed by atoms with Crippen molar-refractivity contribution >= 4 is 23.5 Å². The van der Waals surface area contributed by atoms with Crippen LogP contribution in [0, 0.1) is 11.3 Å². The maximum Gasteiger partial charge on any atom is 0.336 e. The highest BCUT2D eigenvalue weighted by Gasteiger charge is 2.42. The molecule has 2 N–H and O–H groups in total. The molecule has 1 rings (SSSR count). The molecule has 0 bridgehead atoms. The molecule has 0 aromatic carbocycles. The second-order valence-corrected chi connectivity index (χ2v) is 4.44. The largest absolute Gasteiger partial charge is 0.481 e. The molecule has 4 nitrogen and oxygen atoms in total. The van der Waals surface area contributed by atoms with E-state index in [2.05, 4.69) is 0 Å². The summed E-state index contributed by atoms with van der Waals surface area (Å²) in [6.07, 6.45) is 3.57. The highest BCUT2D eigenvalue weighted by molar-refractivity contribution is 6.33. The van der Waals surface area contributed by atoms with Gasteiger partial charge in [-0.15, -0.1) is 0 Å². The second-order valence-electron chi connectivity index (χ2n) is 4.03. The summed E-state index contributed by atoms with van der Waals surface area (Å²) in [7, 11) is 0. The molecular formula is C11H13ClO4. The molecule has 0 saturated carbocycles. The lowest BCUT2D eigenvalue weighted by atomic mass is 9.71. The first-order valence-electron chi connectivity index (χ1n) is 4.88. The van der Waals surface area contributed by atoms with E-state index < -0.39 is 23.3 Å². The molecule has 0 heterocycles. The lowest BCUT2D eigenvalue weighted by Gasteiger charge is -2.34. The van der Waals surface area contributed by atoms with Gasteiger partial charge in [-0.05, 0) is 12.5 Å². The summed E-state index contributed by atoms with van der Waals surface area (Å²) in [6.45, 7) is 3.60. The third-order valence-corrected chi connectivity index (χ3v) is 3.46. The van der Waals surface area contributed by atoms with Crippen molar-refractivity contribution in [3.63, 3.8) is 0 Å². The van der Waals surface area contributed by atoms with Crippen LogP contribution in [0.4, 0.5) is 0 Å². The molecular weight excluding hydrogens is 232 g/mol. The highest BCUT2D eigenvalue weighted by Crippen LogP contribution is 2.44. The van der Waals surface area contributed by atoms with Crippen LogP contribution in [0.5, 0.6) is 0 Å². The summed E-state index contributed by atoms with van der Waals surface area (Å²) < 4.78 is 0. The molecule has 2 atom stereocenters. The molecule has 0 aromatic heterocycles. The van der Waals surface area contributed by atoms with Gasteiger partial charge in [0, 0.05) is 10.4 Å². The summed E-state index contributed by atoms with van der Waals surface area (Å²) in [5, 5.41) is 17.9. The van der Waals surface area contributed by atoms with Crippen LogP contribution in [0.1, 0.15) is 20.3 Å². The number of hydrogen-bond donors (Lipinski definition) is 2. The van der Waals surface area contributed by atoms with Crippen LogP contribution in [0.3, 0.4) is 0 Å². The minimum absolute atomic E-state index is 0.105. The zero-order chi connectivity index (χ0) is 12.5. The van der Waals surface area contributed by atoms with Gasteiger partial charge in [0.25, 0.3) is 0 Å². The Labute approximate surface area is 98.2 Å². The minimum atomic E-state index is -1.20. The number of rotatable bonds is 3. The van der Waals surface area contributed by atoms with Crippen LogP contribution in [-0.2, 0) is 9.59 Å². The van der Waals surface area contributed by atoms with Crippen LogP contribution in [0.15, 0.2) is 22.8 Å². The van der Waals surface area contributed by atoms with Gasteiger partial charge in [0.1, 0.15) is 5.92 Å². The van der Waals surface area contributed by atoms with Crippen molar-refractivity contribution < 1.29 is 19.8 Å². The maximum atomic E-state index is 11.2. The van der Waals surface area contributed by atoms with Gasteiger partial charge in [-0.1, -0.05) is 31.5 Å². The summed E-state index contributed by atoms with van der Waals surface area (Å²) >= 11 is 5.87. The summed E-state index contributed by atoms with van der Waals surface area (Å²) in [5.41, 5.74) is -0.776. The molecule has 5 heteroatoms. The van der Waals surface area contributed by atoms with E-state index in [9.17, 15) is 9.59 Å². The first-order chi connectivity index (χ1) is 7.33. The quantitative estimate of drug-likeness (QED) is 0.799. The third-order valence-electron chi connectivity index (χ3n) is 3.04. The van der Waals surface area contributed by atoms with Crippen molar-refractivity contribution in [3.8, 4) is 0 Å². The van der Waals surface area contributed by atoms with Crippen molar-refractivity contribution in [1.29, 1.82) is 0 Å². The molecule has 1 aliphatic rings. The van der Waals surface area contributed by atoms with E-state index in [4.69, 9.17) is 21.8 Å². The number of carboxylic acids is 2.